The van der Waals surface area contributed by atoms with Gasteiger partial charge in [0.1, 0.15) is 11.4 Å². The van der Waals surface area contributed by atoms with Crippen molar-refractivity contribution in [1.29, 1.82) is 0 Å². The van der Waals surface area contributed by atoms with E-state index in [1.54, 1.807) is 11.0 Å². The highest BCUT2D eigenvalue weighted by molar-refractivity contribution is 5.91. The van der Waals surface area contributed by atoms with Crippen molar-refractivity contribution >= 4 is 12.0 Å². The summed E-state index contributed by atoms with van der Waals surface area (Å²) in [7, 11) is 0. The number of carbonyl (C=O) groups is 2. The van der Waals surface area contributed by atoms with E-state index in [-0.39, 0.29) is 12.0 Å². The molecule has 0 bridgehead atoms. The normalized spacial score (nSPS) is 15.8. The molecule has 2 heterocycles. The molecule has 1 aromatic heterocycles. The summed E-state index contributed by atoms with van der Waals surface area (Å²) in [6.45, 7) is 12.1. The van der Waals surface area contributed by atoms with Crippen LogP contribution in [0.15, 0.2) is 16.5 Å². The molecule has 1 saturated heterocycles. The summed E-state index contributed by atoms with van der Waals surface area (Å²) >= 11 is 0. The molecule has 0 unspecified atom stereocenters. The molecule has 1 N–H and O–H groups in total. The molecular weight excluding hydrogens is 334 g/mol. The second-order valence-corrected chi connectivity index (χ2v) is 7.54. The number of carbonyl (C=O) groups excluding carboxylic acids is 2. The Morgan fingerprint density at radius 1 is 1.19 bits per heavy atom. The number of hydrogen-bond acceptors (Lipinski definition) is 5. The molecule has 26 heavy (non-hydrogen) atoms. The van der Waals surface area contributed by atoms with E-state index < -0.39 is 5.60 Å². The molecule has 2 amide bonds. The van der Waals surface area contributed by atoms with Crippen LogP contribution in [-0.4, -0.2) is 66.7 Å². The van der Waals surface area contributed by atoms with Gasteiger partial charge in [-0.05, 0) is 45.9 Å². The summed E-state index contributed by atoms with van der Waals surface area (Å²) < 4.78 is 10.8. The standard InChI is InChI=1S/C19H31N3O4/c1-5-15-7-8-16(25-15)17(23)20-9-6-10-21-11-13-22(14-12-21)18(24)26-19(2,3)4/h7-8H,5-6,9-14H2,1-4H3,(H,20,23). The highest BCUT2D eigenvalue weighted by atomic mass is 16.6. The van der Waals surface area contributed by atoms with Crippen LogP contribution in [0.4, 0.5) is 4.79 Å². The Labute approximate surface area is 155 Å². The summed E-state index contributed by atoms with van der Waals surface area (Å²) in [4.78, 5) is 28.1. The van der Waals surface area contributed by atoms with Crippen LogP contribution in [0.25, 0.3) is 0 Å². The van der Waals surface area contributed by atoms with Gasteiger partial charge in [-0.25, -0.2) is 4.79 Å². The van der Waals surface area contributed by atoms with Crippen molar-refractivity contribution in [3.8, 4) is 0 Å². The summed E-state index contributed by atoms with van der Waals surface area (Å²) in [5.74, 6) is 1.02. The third kappa shape index (κ3) is 6.37. The monoisotopic (exact) mass is 365 g/mol. The smallest absolute Gasteiger partial charge is 0.410 e. The third-order valence-electron chi connectivity index (χ3n) is 4.19. The first kappa shape index (κ1) is 20.3. The second kappa shape index (κ2) is 9.07. The molecule has 7 heteroatoms. The van der Waals surface area contributed by atoms with E-state index in [9.17, 15) is 9.59 Å². The van der Waals surface area contributed by atoms with Crippen molar-refractivity contribution in [1.82, 2.24) is 15.1 Å². The Morgan fingerprint density at radius 2 is 1.88 bits per heavy atom. The quantitative estimate of drug-likeness (QED) is 0.784. The van der Waals surface area contributed by atoms with Crippen LogP contribution in [0.5, 0.6) is 0 Å². The molecule has 1 fully saturated rings. The predicted molar refractivity (Wildman–Crippen MR) is 99.3 cm³/mol. The van der Waals surface area contributed by atoms with Gasteiger partial charge in [-0.2, -0.15) is 0 Å². The maximum absolute atomic E-state index is 12.0. The Hall–Kier alpha value is -2.02. The van der Waals surface area contributed by atoms with E-state index in [2.05, 4.69) is 10.2 Å². The molecule has 0 saturated carbocycles. The SMILES string of the molecule is CCc1ccc(C(=O)NCCCN2CCN(C(=O)OC(C)(C)C)CC2)o1. The molecule has 1 aromatic rings. The second-order valence-electron chi connectivity index (χ2n) is 7.54. The Morgan fingerprint density at radius 3 is 2.46 bits per heavy atom. The maximum atomic E-state index is 12.0. The molecule has 0 spiro atoms. The lowest BCUT2D eigenvalue weighted by molar-refractivity contribution is 0.0144. The van der Waals surface area contributed by atoms with Crippen LogP contribution in [0.2, 0.25) is 0 Å². The zero-order valence-corrected chi connectivity index (χ0v) is 16.3. The Balaban J connectivity index is 1.61. The largest absolute Gasteiger partial charge is 0.456 e. The van der Waals surface area contributed by atoms with Crippen LogP contribution >= 0.6 is 0 Å². The first-order valence-electron chi connectivity index (χ1n) is 9.35. The lowest BCUT2D eigenvalue weighted by Gasteiger charge is -2.35. The van der Waals surface area contributed by atoms with Crippen LogP contribution in [-0.2, 0) is 11.2 Å². The number of amides is 2. The predicted octanol–water partition coefficient (Wildman–Crippen LogP) is 2.51. The van der Waals surface area contributed by atoms with Gasteiger partial charge >= 0.3 is 6.09 Å². The van der Waals surface area contributed by atoms with Crippen molar-refractivity contribution in [3.63, 3.8) is 0 Å². The molecule has 1 aliphatic rings. The molecule has 7 nitrogen and oxygen atoms in total. The van der Waals surface area contributed by atoms with Gasteiger partial charge in [0.25, 0.3) is 5.91 Å². The van der Waals surface area contributed by atoms with Gasteiger partial charge in [0.15, 0.2) is 5.76 Å². The summed E-state index contributed by atoms with van der Waals surface area (Å²) in [5.41, 5.74) is -0.460. The van der Waals surface area contributed by atoms with Gasteiger partial charge in [-0.1, -0.05) is 6.92 Å². The molecule has 0 aliphatic carbocycles. The Bertz CT molecular complexity index is 598. The zero-order chi connectivity index (χ0) is 19.2. The van der Waals surface area contributed by atoms with Crippen molar-refractivity contribution in [2.24, 2.45) is 0 Å². The fraction of sp³-hybridized carbons (Fsp3) is 0.684. The number of nitrogens with zero attached hydrogens (tertiary/aromatic N) is 2. The number of hydrogen-bond donors (Lipinski definition) is 1. The molecule has 146 valence electrons. The Kier molecular flexibility index (Phi) is 7.08. The number of rotatable bonds is 6. The first-order chi connectivity index (χ1) is 12.3. The average molecular weight is 365 g/mol. The number of nitrogens with one attached hydrogen (secondary N) is 1. The van der Waals surface area contributed by atoms with E-state index in [1.807, 2.05) is 33.8 Å². The van der Waals surface area contributed by atoms with Crippen molar-refractivity contribution in [2.75, 3.05) is 39.3 Å². The summed E-state index contributed by atoms with van der Waals surface area (Å²) in [6.07, 6.45) is 1.40. The number of piperazine rings is 1. The van der Waals surface area contributed by atoms with Crippen LogP contribution < -0.4 is 5.32 Å². The first-order valence-corrected chi connectivity index (χ1v) is 9.35. The molecule has 0 radical (unpaired) electrons. The molecule has 1 aliphatic heterocycles. The molecule has 0 aromatic carbocycles. The van der Waals surface area contributed by atoms with Gasteiger partial charge in [0, 0.05) is 39.1 Å². The maximum Gasteiger partial charge on any atom is 0.410 e. The van der Waals surface area contributed by atoms with Crippen molar-refractivity contribution < 1.29 is 18.7 Å². The van der Waals surface area contributed by atoms with Crippen LogP contribution in [0.1, 0.15) is 50.4 Å². The minimum Gasteiger partial charge on any atom is -0.456 e. The van der Waals surface area contributed by atoms with E-state index in [4.69, 9.17) is 9.15 Å². The lowest BCUT2D eigenvalue weighted by Crippen LogP contribution is -2.50. The van der Waals surface area contributed by atoms with Crippen molar-refractivity contribution in [3.05, 3.63) is 23.7 Å². The zero-order valence-electron chi connectivity index (χ0n) is 16.3. The van der Waals surface area contributed by atoms with E-state index >= 15 is 0 Å². The van der Waals surface area contributed by atoms with E-state index in [0.29, 0.717) is 25.4 Å². The van der Waals surface area contributed by atoms with E-state index in [0.717, 1.165) is 38.2 Å². The summed E-state index contributed by atoms with van der Waals surface area (Å²) in [5, 5.41) is 2.88. The van der Waals surface area contributed by atoms with Crippen molar-refractivity contribution in [2.45, 2.75) is 46.1 Å². The lowest BCUT2D eigenvalue weighted by atomic mass is 10.2. The molecular formula is C19H31N3O4. The topological polar surface area (TPSA) is 75.0 Å². The minimum atomic E-state index is -0.460. The summed E-state index contributed by atoms with van der Waals surface area (Å²) in [6, 6.07) is 3.54. The van der Waals surface area contributed by atoms with Crippen LogP contribution in [0.3, 0.4) is 0 Å². The fourth-order valence-corrected chi connectivity index (χ4v) is 2.76. The highest BCUT2D eigenvalue weighted by Gasteiger charge is 2.25. The molecule has 2 rings (SSSR count). The number of aryl methyl sites for hydroxylation is 1. The average Bonchev–Trinajstić information content (AvgIpc) is 3.07. The number of furan rings is 1. The minimum absolute atomic E-state index is 0.167. The highest BCUT2D eigenvalue weighted by Crippen LogP contribution is 2.12. The van der Waals surface area contributed by atoms with Gasteiger partial charge < -0.3 is 19.4 Å². The van der Waals surface area contributed by atoms with Gasteiger partial charge in [0.2, 0.25) is 0 Å². The molecule has 0 atom stereocenters. The number of ether oxygens (including phenoxy) is 1. The van der Waals surface area contributed by atoms with Gasteiger partial charge in [-0.15, -0.1) is 0 Å². The van der Waals surface area contributed by atoms with Crippen LogP contribution in [0, 0.1) is 0 Å². The van der Waals surface area contributed by atoms with Gasteiger partial charge in [0.05, 0.1) is 0 Å². The van der Waals surface area contributed by atoms with E-state index in [1.165, 1.54) is 0 Å². The fourth-order valence-electron chi connectivity index (χ4n) is 2.76. The van der Waals surface area contributed by atoms with Gasteiger partial charge in [-0.3, -0.25) is 9.69 Å². The third-order valence-corrected chi connectivity index (χ3v) is 4.19.